The van der Waals surface area contributed by atoms with Gasteiger partial charge in [-0.1, -0.05) is 0 Å². The van der Waals surface area contributed by atoms with Gasteiger partial charge in [0.2, 0.25) is 0 Å². The van der Waals surface area contributed by atoms with Gasteiger partial charge in [-0.2, -0.15) is 5.10 Å². The highest BCUT2D eigenvalue weighted by molar-refractivity contribution is 7.17. The number of fused-ring (bicyclic) bond motifs is 1. The van der Waals surface area contributed by atoms with Crippen LogP contribution in [0.4, 0.5) is 5.00 Å². The third kappa shape index (κ3) is 4.59. The minimum absolute atomic E-state index is 0.0778. The summed E-state index contributed by atoms with van der Waals surface area (Å²) in [5, 5.41) is 16.1. The highest BCUT2D eigenvalue weighted by atomic mass is 32.1. The number of nitrogens with one attached hydrogen (secondary N) is 1. The maximum Gasteiger partial charge on any atom is 0.341 e. The number of aliphatic carboxylic acids is 1. The first-order valence-corrected chi connectivity index (χ1v) is 10.1. The van der Waals surface area contributed by atoms with Crippen LogP contribution in [0.5, 0.6) is 0 Å². The van der Waals surface area contributed by atoms with E-state index in [-0.39, 0.29) is 19.1 Å². The van der Waals surface area contributed by atoms with Crippen LogP contribution >= 0.6 is 11.3 Å². The summed E-state index contributed by atoms with van der Waals surface area (Å²) in [5.41, 5.74) is 1.74. The molecule has 3 rings (SSSR count). The van der Waals surface area contributed by atoms with Crippen molar-refractivity contribution >= 4 is 34.2 Å². The van der Waals surface area contributed by atoms with Gasteiger partial charge in [0, 0.05) is 11.1 Å². The van der Waals surface area contributed by atoms with E-state index in [1.165, 1.54) is 28.4 Å². The number of carboxylic acids is 1. The smallest absolute Gasteiger partial charge is 0.341 e. The number of carbonyl (C=O) groups excluding carboxylic acids is 2. The average Bonchev–Trinajstić information content (AvgIpc) is 3.23. The Balaban J connectivity index is 1.81. The van der Waals surface area contributed by atoms with E-state index in [9.17, 15) is 14.4 Å². The van der Waals surface area contributed by atoms with E-state index in [1.807, 2.05) is 0 Å². The molecule has 0 fully saturated rings. The van der Waals surface area contributed by atoms with Crippen molar-refractivity contribution in [1.82, 2.24) is 9.78 Å². The van der Waals surface area contributed by atoms with E-state index < -0.39 is 17.8 Å². The zero-order valence-electron chi connectivity index (χ0n) is 15.9. The van der Waals surface area contributed by atoms with Crippen LogP contribution in [-0.4, -0.2) is 38.8 Å². The summed E-state index contributed by atoms with van der Waals surface area (Å²) in [6.45, 7) is 3.77. The Labute approximate surface area is 166 Å². The number of rotatable bonds is 7. The van der Waals surface area contributed by atoms with Crippen molar-refractivity contribution in [2.24, 2.45) is 0 Å². The van der Waals surface area contributed by atoms with Crippen LogP contribution in [0.1, 0.15) is 64.3 Å². The number of carbonyl (C=O) groups is 3. The van der Waals surface area contributed by atoms with Gasteiger partial charge in [-0.05, 0) is 45.1 Å². The quantitative estimate of drug-likeness (QED) is 0.685. The molecule has 0 radical (unpaired) electrons. The van der Waals surface area contributed by atoms with E-state index in [2.05, 4.69) is 10.4 Å². The largest absolute Gasteiger partial charge is 0.481 e. The molecular formula is C19H23N3O5S. The lowest BCUT2D eigenvalue weighted by atomic mass is 9.95. The number of thiophene rings is 1. The monoisotopic (exact) mass is 405 g/mol. The molecule has 0 aliphatic heterocycles. The minimum atomic E-state index is -0.932. The van der Waals surface area contributed by atoms with Crippen LogP contribution in [0.15, 0.2) is 12.4 Å². The van der Waals surface area contributed by atoms with Gasteiger partial charge >= 0.3 is 11.9 Å². The van der Waals surface area contributed by atoms with Crippen molar-refractivity contribution in [2.75, 3.05) is 5.32 Å². The summed E-state index contributed by atoms with van der Waals surface area (Å²) >= 11 is 1.42. The fraction of sp³-hybridized carbons (Fsp3) is 0.474. The molecule has 0 unspecified atom stereocenters. The molecule has 1 amide bonds. The molecular weight excluding hydrogens is 382 g/mol. The highest BCUT2D eigenvalue weighted by Gasteiger charge is 2.28. The predicted octanol–water partition coefficient (Wildman–Crippen LogP) is 3.12. The first-order valence-electron chi connectivity index (χ1n) is 9.26. The summed E-state index contributed by atoms with van der Waals surface area (Å²) in [6.07, 6.45) is 6.33. The normalized spacial score (nSPS) is 13.2. The number of aryl methyl sites for hydroxylation is 2. The Morgan fingerprint density at radius 3 is 2.79 bits per heavy atom. The van der Waals surface area contributed by atoms with Crippen molar-refractivity contribution in [3.8, 4) is 0 Å². The summed E-state index contributed by atoms with van der Waals surface area (Å²) < 4.78 is 6.80. The zero-order chi connectivity index (χ0) is 20.3. The third-order valence-corrected chi connectivity index (χ3v) is 5.60. The molecule has 0 bridgehead atoms. The maximum absolute atomic E-state index is 12.6. The number of ether oxygens (including phenoxy) is 1. The van der Waals surface area contributed by atoms with Crippen LogP contribution in [0, 0.1) is 0 Å². The second-order valence-corrected chi connectivity index (χ2v) is 8.06. The van der Waals surface area contributed by atoms with Crippen molar-refractivity contribution in [1.29, 1.82) is 0 Å². The molecule has 1 aliphatic carbocycles. The fourth-order valence-electron chi connectivity index (χ4n) is 3.13. The van der Waals surface area contributed by atoms with Gasteiger partial charge in [-0.25, -0.2) is 4.79 Å². The molecule has 0 saturated heterocycles. The molecule has 0 aromatic carbocycles. The Morgan fingerprint density at radius 1 is 1.32 bits per heavy atom. The van der Waals surface area contributed by atoms with E-state index in [0.717, 1.165) is 36.1 Å². The number of carboxylic acid groups (broad SMARTS) is 1. The molecule has 2 N–H and O–H groups in total. The molecule has 2 aromatic rings. The van der Waals surface area contributed by atoms with E-state index in [4.69, 9.17) is 9.84 Å². The van der Waals surface area contributed by atoms with Crippen LogP contribution in [0.3, 0.4) is 0 Å². The molecule has 8 nitrogen and oxygen atoms in total. The molecule has 2 aromatic heterocycles. The lowest BCUT2D eigenvalue weighted by Crippen LogP contribution is -2.17. The fourth-order valence-corrected chi connectivity index (χ4v) is 4.40. The van der Waals surface area contributed by atoms with Gasteiger partial charge in [-0.3, -0.25) is 14.3 Å². The number of aromatic nitrogens is 2. The van der Waals surface area contributed by atoms with Gasteiger partial charge in [0.15, 0.2) is 0 Å². The number of anilines is 1. The van der Waals surface area contributed by atoms with E-state index in [1.54, 1.807) is 13.8 Å². The van der Waals surface area contributed by atoms with Gasteiger partial charge in [0.25, 0.3) is 5.91 Å². The predicted molar refractivity (Wildman–Crippen MR) is 104 cm³/mol. The molecule has 150 valence electrons. The topological polar surface area (TPSA) is 111 Å². The lowest BCUT2D eigenvalue weighted by Gasteiger charge is -2.14. The van der Waals surface area contributed by atoms with Crippen molar-refractivity contribution in [2.45, 2.75) is 58.6 Å². The molecule has 2 heterocycles. The van der Waals surface area contributed by atoms with Gasteiger partial charge < -0.3 is 15.2 Å². The van der Waals surface area contributed by atoms with Gasteiger partial charge in [0.05, 0.1) is 36.4 Å². The SMILES string of the molecule is CC(C)OC(=O)c1c(NC(=O)c2cnn(CCC(=O)O)c2)sc2c1CCCC2. The Kier molecular flexibility index (Phi) is 6.13. The van der Waals surface area contributed by atoms with E-state index in [0.29, 0.717) is 16.1 Å². The van der Waals surface area contributed by atoms with Crippen LogP contribution < -0.4 is 5.32 Å². The first-order chi connectivity index (χ1) is 13.3. The summed E-state index contributed by atoms with van der Waals surface area (Å²) in [6, 6.07) is 0. The summed E-state index contributed by atoms with van der Waals surface area (Å²) in [4.78, 5) is 37.1. The number of hydrogen-bond acceptors (Lipinski definition) is 6. The van der Waals surface area contributed by atoms with Crippen molar-refractivity contribution in [3.63, 3.8) is 0 Å². The Hall–Kier alpha value is -2.68. The molecule has 0 saturated carbocycles. The van der Waals surface area contributed by atoms with Crippen LogP contribution in [0.25, 0.3) is 0 Å². The van der Waals surface area contributed by atoms with Crippen LogP contribution in [0.2, 0.25) is 0 Å². The van der Waals surface area contributed by atoms with Gasteiger partial charge in [-0.15, -0.1) is 11.3 Å². The average molecular weight is 405 g/mol. The van der Waals surface area contributed by atoms with Gasteiger partial charge in [0.1, 0.15) is 5.00 Å². The van der Waals surface area contributed by atoms with Crippen molar-refractivity contribution in [3.05, 3.63) is 34.0 Å². The van der Waals surface area contributed by atoms with Crippen LogP contribution in [-0.2, 0) is 28.9 Å². The first kappa shape index (κ1) is 20.1. The summed E-state index contributed by atoms with van der Waals surface area (Å²) in [7, 11) is 0. The van der Waals surface area contributed by atoms with E-state index >= 15 is 0 Å². The number of nitrogens with zero attached hydrogens (tertiary/aromatic N) is 2. The number of hydrogen-bond donors (Lipinski definition) is 2. The Bertz CT molecular complexity index is 900. The summed E-state index contributed by atoms with van der Waals surface area (Å²) in [5.74, 6) is -1.74. The molecule has 0 atom stereocenters. The molecule has 28 heavy (non-hydrogen) atoms. The third-order valence-electron chi connectivity index (χ3n) is 4.40. The maximum atomic E-state index is 12.6. The lowest BCUT2D eigenvalue weighted by molar-refractivity contribution is -0.137. The second-order valence-electron chi connectivity index (χ2n) is 6.96. The van der Waals surface area contributed by atoms with Crippen molar-refractivity contribution < 1.29 is 24.2 Å². The minimum Gasteiger partial charge on any atom is -0.481 e. The molecule has 9 heteroatoms. The molecule has 0 spiro atoms. The standard InChI is InChI=1S/C19H23N3O5S/c1-11(2)27-19(26)16-13-5-3-4-6-14(13)28-18(16)21-17(25)12-9-20-22(10-12)8-7-15(23)24/h9-11H,3-8H2,1-2H3,(H,21,25)(H,23,24). The zero-order valence-corrected chi connectivity index (χ0v) is 16.7. The number of amides is 1. The highest BCUT2D eigenvalue weighted by Crippen LogP contribution is 2.39. The molecule has 1 aliphatic rings. The second kappa shape index (κ2) is 8.55. The Morgan fingerprint density at radius 2 is 2.07 bits per heavy atom. The number of esters is 1.